The molecule has 0 bridgehead atoms. The predicted molar refractivity (Wildman–Crippen MR) is 75.1 cm³/mol. The average Bonchev–Trinajstić information content (AvgIpc) is 2.94. The van der Waals surface area contributed by atoms with E-state index in [1.165, 1.54) is 5.56 Å². The van der Waals surface area contributed by atoms with Gasteiger partial charge in [-0.25, -0.2) is 8.42 Å². The van der Waals surface area contributed by atoms with Crippen LogP contribution in [0.2, 0.25) is 0 Å². The lowest BCUT2D eigenvalue weighted by atomic mass is 9.96. The summed E-state index contributed by atoms with van der Waals surface area (Å²) in [6.07, 6.45) is 3.61. The summed E-state index contributed by atoms with van der Waals surface area (Å²) in [5.41, 5.74) is 4.16. The Labute approximate surface area is 112 Å². The zero-order chi connectivity index (χ0) is 13.0. The van der Waals surface area contributed by atoms with Gasteiger partial charge in [0.1, 0.15) is 0 Å². The molecular weight excluding hydrogens is 268 g/mol. The van der Waals surface area contributed by atoms with Crippen molar-refractivity contribution in [2.45, 2.75) is 31.7 Å². The number of rotatable bonds is 6. The first-order valence-electron chi connectivity index (χ1n) is 6.26. The molecule has 1 aromatic rings. The van der Waals surface area contributed by atoms with E-state index < -0.39 is 9.84 Å². The van der Waals surface area contributed by atoms with Gasteiger partial charge in [0.25, 0.3) is 0 Å². The molecule has 1 fully saturated rings. The van der Waals surface area contributed by atoms with Gasteiger partial charge < -0.3 is 0 Å². The average molecular weight is 288 g/mol. The summed E-state index contributed by atoms with van der Waals surface area (Å²) in [4.78, 5) is 0. The summed E-state index contributed by atoms with van der Waals surface area (Å²) in [6.45, 7) is 0. The fourth-order valence-corrected chi connectivity index (χ4v) is 5.09. The van der Waals surface area contributed by atoms with Crippen LogP contribution in [0.25, 0.3) is 0 Å². The van der Waals surface area contributed by atoms with Crippen LogP contribution in [0, 0.1) is 5.92 Å². The van der Waals surface area contributed by atoms with Crippen molar-refractivity contribution in [2.24, 2.45) is 11.8 Å². The smallest absolute Gasteiger partial charge is 0.150 e. The third-order valence-corrected chi connectivity index (χ3v) is 6.11. The highest BCUT2D eigenvalue weighted by atomic mass is 32.2. The standard InChI is InChI=1S/C12H20N2O2S2/c13-14-12(2-1-10-3-5-17-8-10)7-11-4-6-18(15,16)9-11/h3,5,8,11-12,14H,1-2,4,6-7,9,13H2. The Balaban J connectivity index is 1.79. The number of hydrogen-bond donors (Lipinski definition) is 2. The molecule has 0 aliphatic carbocycles. The van der Waals surface area contributed by atoms with E-state index in [9.17, 15) is 8.42 Å². The maximum absolute atomic E-state index is 11.4. The summed E-state index contributed by atoms with van der Waals surface area (Å²) in [5.74, 6) is 6.52. The Hall–Kier alpha value is -0.430. The van der Waals surface area contributed by atoms with Gasteiger partial charge in [-0.2, -0.15) is 11.3 Å². The van der Waals surface area contributed by atoms with Crippen molar-refractivity contribution in [2.75, 3.05) is 11.5 Å². The van der Waals surface area contributed by atoms with Gasteiger partial charge in [-0.3, -0.25) is 11.3 Å². The van der Waals surface area contributed by atoms with E-state index in [0.29, 0.717) is 11.5 Å². The van der Waals surface area contributed by atoms with Gasteiger partial charge >= 0.3 is 0 Å². The monoisotopic (exact) mass is 288 g/mol. The highest BCUT2D eigenvalue weighted by Crippen LogP contribution is 2.24. The number of nitrogens with two attached hydrogens (primary N) is 1. The Kier molecular flexibility index (Phi) is 4.77. The largest absolute Gasteiger partial charge is 0.271 e. The van der Waals surface area contributed by atoms with Crippen LogP contribution >= 0.6 is 11.3 Å². The second kappa shape index (κ2) is 6.14. The molecule has 0 spiro atoms. The van der Waals surface area contributed by atoms with Crippen molar-refractivity contribution in [1.29, 1.82) is 0 Å². The second-order valence-electron chi connectivity index (χ2n) is 5.04. The first-order chi connectivity index (χ1) is 8.59. The van der Waals surface area contributed by atoms with Gasteiger partial charge in [-0.15, -0.1) is 0 Å². The lowest BCUT2D eigenvalue weighted by molar-refractivity contribution is 0.392. The number of aryl methyl sites for hydroxylation is 1. The van der Waals surface area contributed by atoms with E-state index >= 15 is 0 Å². The third kappa shape index (κ3) is 4.05. The minimum Gasteiger partial charge on any atom is -0.271 e. The minimum atomic E-state index is -2.77. The molecule has 0 aromatic carbocycles. The van der Waals surface area contributed by atoms with Crippen LogP contribution in [-0.2, 0) is 16.3 Å². The van der Waals surface area contributed by atoms with Crippen LogP contribution in [0.1, 0.15) is 24.8 Å². The fraction of sp³-hybridized carbons (Fsp3) is 0.667. The van der Waals surface area contributed by atoms with E-state index in [-0.39, 0.29) is 12.0 Å². The van der Waals surface area contributed by atoms with Crippen molar-refractivity contribution < 1.29 is 8.42 Å². The number of nitrogens with one attached hydrogen (secondary N) is 1. The van der Waals surface area contributed by atoms with E-state index in [1.807, 2.05) is 0 Å². The van der Waals surface area contributed by atoms with Crippen LogP contribution in [0.4, 0.5) is 0 Å². The van der Waals surface area contributed by atoms with E-state index in [4.69, 9.17) is 5.84 Å². The van der Waals surface area contributed by atoms with Crippen molar-refractivity contribution in [3.8, 4) is 0 Å². The molecule has 2 unspecified atom stereocenters. The minimum absolute atomic E-state index is 0.211. The highest BCUT2D eigenvalue weighted by molar-refractivity contribution is 7.91. The van der Waals surface area contributed by atoms with Crippen molar-refractivity contribution >= 4 is 21.2 Å². The maximum atomic E-state index is 11.4. The van der Waals surface area contributed by atoms with Gasteiger partial charge in [0.15, 0.2) is 9.84 Å². The summed E-state index contributed by atoms with van der Waals surface area (Å²) < 4.78 is 22.8. The zero-order valence-electron chi connectivity index (χ0n) is 10.3. The van der Waals surface area contributed by atoms with E-state index in [1.54, 1.807) is 11.3 Å². The number of thiophene rings is 1. The topological polar surface area (TPSA) is 72.2 Å². The Morgan fingerprint density at radius 3 is 2.94 bits per heavy atom. The van der Waals surface area contributed by atoms with Gasteiger partial charge in [-0.1, -0.05) is 0 Å². The van der Waals surface area contributed by atoms with Crippen molar-refractivity contribution in [1.82, 2.24) is 5.43 Å². The molecule has 0 saturated carbocycles. The zero-order valence-corrected chi connectivity index (χ0v) is 12.0. The molecule has 1 aromatic heterocycles. The molecular formula is C12H20N2O2S2. The third-order valence-electron chi connectivity index (χ3n) is 3.54. The summed E-state index contributed by atoms with van der Waals surface area (Å²) in [6, 6.07) is 2.33. The molecule has 4 nitrogen and oxygen atoms in total. The number of hydrogen-bond acceptors (Lipinski definition) is 5. The van der Waals surface area contributed by atoms with Crippen LogP contribution in [0.5, 0.6) is 0 Å². The molecule has 0 amide bonds. The lowest BCUT2D eigenvalue weighted by Crippen LogP contribution is -2.37. The SMILES string of the molecule is NNC(CCc1ccsc1)CC1CCS(=O)(=O)C1. The quantitative estimate of drug-likeness (QED) is 0.612. The van der Waals surface area contributed by atoms with E-state index in [0.717, 1.165) is 25.7 Å². The van der Waals surface area contributed by atoms with Crippen molar-refractivity contribution in [3.05, 3.63) is 22.4 Å². The number of sulfone groups is 1. The maximum Gasteiger partial charge on any atom is 0.150 e. The molecule has 2 rings (SSSR count). The first kappa shape index (κ1) is 14.0. The van der Waals surface area contributed by atoms with Crippen LogP contribution in [-0.4, -0.2) is 26.0 Å². The second-order valence-corrected chi connectivity index (χ2v) is 8.05. The van der Waals surface area contributed by atoms with E-state index in [2.05, 4.69) is 22.3 Å². The van der Waals surface area contributed by atoms with Gasteiger partial charge in [0.2, 0.25) is 0 Å². The molecule has 1 saturated heterocycles. The van der Waals surface area contributed by atoms with Crippen LogP contribution in [0.15, 0.2) is 16.8 Å². The normalized spacial score (nSPS) is 24.2. The predicted octanol–water partition coefficient (Wildman–Crippen LogP) is 1.34. The molecule has 1 aliphatic heterocycles. The molecule has 0 radical (unpaired) electrons. The van der Waals surface area contributed by atoms with Crippen molar-refractivity contribution in [3.63, 3.8) is 0 Å². The summed E-state index contributed by atoms with van der Waals surface area (Å²) in [5, 5.41) is 4.22. The van der Waals surface area contributed by atoms with Gasteiger partial charge in [-0.05, 0) is 54.0 Å². The molecule has 1 aliphatic rings. The Bertz CT molecular complexity index is 456. The highest BCUT2D eigenvalue weighted by Gasteiger charge is 2.29. The first-order valence-corrected chi connectivity index (χ1v) is 9.03. The summed E-state index contributed by atoms with van der Waals surface area (Å²) in [7, 11) is -2.77. The van der Waals surface area contributed by atoms with Gasteiger partial charge in [0, 0.05) is 6.04 Å². The van der Waals surface area contributed by atoms with Gasteiger partial charge in [0.05, 0.1) is 11.5 Å². The molecule has 2 heterocycles. The molecule has 102 valence electrons. The van der Waals surface area contributed by atoms with Crippen LogP contribution in [0.3, 0.4) is 0 Å². The molecule has 6 heteroatoms. The molecule has 3 N–H and O–H groups in total. The number of hydrazine groups is 1. The Morgan fingerprint density at radius 1 is 1.56 bits per heavy atom. The van der Waals surface area contributed by atoms with Crippen LogP contribution < -0.4 is 11.3 Å². The summed E-state index contributed by atoms with van der Waals surface area (Å²) >= 11 is 1.70. The molecule has 18 heavy (non-hydrogen) atoms. The lowest BCUT2D eigenvalue weighted by Gasteiger charge is -2.18. The Morgan fingerprint density at radius 2 is 2.39 bits per heavy atom. The fourth-order valence-electron chi connectivity index (χ4n) is 2.51. The molecule has 2 atom stereocenters.